The number of nitrogens with one attached hydrogen (secondary N) is 1. The van der Waals surface area contributed by atoms with E-state index in [1.54, 1.807) is 65.3 Å². The second-order valence-electron chi connectivity index (χ2n) is 7.70. The fourth-order valence-electron chi connectivity index (χ4n) is 3.48. The molecule has 0 fully saturated rings. The van der Waals surface area contributed by atoms with E-state index in [0.717, 1.165) is 0 Å². The molecule has 154 valence electrons. The lowest BCUT2D eigenvalue weighted by Crippen LogP contribution is -2.58. The predicted octanol–water partition coefficient (Wildman–Crippen LogP) is 4.26. The number of ether oxygens (including phenoxy) is 1. The van der Waals surface area contributed by atoms with Gasteiger partial charge in [-0.25, -0.2) is 9.38 Å². The number of benzene rings is 2. The molecule has 6 nitrogen and oxygen atoms in total. The number of methoxy groups -OCH3 is 1. The number of nitrogens with zero attached hydrogens (tertiary/aromatic N) is 2. The Bertz CT molecular complexity index is 1010. The summed E-state index contributed by atoms with van der Waals surface area (Å²) in [6, 6.07) is 9.73. The highest BCUT2D eigenvalue weighted by molar-refractivity contribution is 6.31. The van der Waals surface area contributed by atoms with E-state index in [-0.39, 0.29) is 17.4 Å². The van der Waals surface area contributed by atoms with Gasteiger partial charge in [-0.15, -0.1) is 0 Å². The lowest BCUT2D eigenvalue weighted by molar-refractivity contribution is -0.140. The highest BCUT2D eigenvalue weighted by Gasteiger charge is 2.53. The standard InChI is InChI=1S/C21H24ClFN4O2/c1-20(2)18(28)27(4)19(24)26-21(20,3)14-11-13(7-8-15(14)23)25-16-10-12(22)6-9-17(16)29-5/h6-11,25H,1-5H3,(H2,24,26). The number of guanidine groups is 1. The van der Waals surface area contributed by atoms with Crippen LogP contribution in [0.5, 0.6) is 5.75 Å². The van der Waals surface area contributed by atoms with E-state index in [4.69, 9.17) is 22.1 Å². The Morgan fingerprint density at radius 3 is 2.55 bits per heavy atom. The molecule has 3 rings (SSSR count). The first-order valence-electron chi connectivity index (χ1n) is 9.05. The predicted molar refractivity (Wildman–Crippen MR) is 113 cm³/mol. The number of carbonyl (C=O) groups is 1. The number of rotatable bonds is 4. The van der Waals surface area contributed by atoms with Crippen LogP contribution in [0.2, 0.25) is 5.02 Å². The van der Waals surface area contributed by atoms with Crippen LogP contribution in [0, 0.1) is 11.2 Å². The zero-order valence-corrected chi connectivity index (χ0v) is 17.8. The second-order valence-corrected chi connectivity index (χ2v) is 8.13. The minimum atomic E-state index is -1.19. The number of amides is 1. The summed E-state index contributed by atoms with van der Waals surface area (Å²) in [5, 5.41) is 3.73. The van der Waals surface area contributed by atoms with E-state index < -0.39 is 16.8 Å². The van der Waals surface area contributed by atoms with E-state index in [9.17, 15) is 9.18 Å². The Morgan fingerprint density at radius 1 is 1.21 bits per heavy atom. The summed E-state index contributed by atoms with van der Waals surface area (Å²) < 4.78 is 20.3. The fourth-order valence-corrected chi connectivity index (χ4v) is 3.65. The SMILES string of the molecule is COc1ccc(Cl)cc1Nc1ccc(F)c(C2(C)N=C(N)N(C)C(=O)C2(C)C)c1. The van der Waals surface area contributed by atoms with Crippen LogP contribution in [0.4, 0.5) is 15.8 Å². The van der Waals surface area contributed by atoms with Gasteiger partial charge < -0.3 is 15.8 Å². The van der Waals surface area contributed by atoms with Crippen LogP contribution < -0.4 is 15.8 Å². The summed E-state index contributed by atoms with van der Waals surface area (Å²) in [5.41, 5.74) is 5.23. The third kappa shape index (κ3) is 3.40. The number of carbonyl (C=O) groups excluding carboxylic acids is 1. The molecule has 3 N–H and O–H groups in total. The van der Waals surface area contributed by atoms with Crippen LogP contribution in [0.15, 0.2) is 41.4 Å². The van der Waals surface area contributed by atoms with Gasteiger partial charge in [0.15, 0.2) is 5.96 Å². The Balaban J connectivity index is 2.11. The molecule has 0 bridgehead atoms. The van der Waals surface area contributed by atoms with Crippen molar-refractivity contribution in [1.29, 1.82) is 0 Å². The van der Waals surface area contributed by atoms with E-state index in [1.165, 1.54) is 11.0 Å². The van der Waals surface area contributed by atoms with Gasteiger partial charge >= 0.3 is 0 Å². The van der Waals surface area contributed by atoms with Gasteiger partial charge in [-0.2, -0.15) is 0 Å². The number of halogens is 2. The molecule has 1 aliphatic heterocycles. The van der Waals surface area contributed by atoms with Gasteiger partial charge in [0.05, 0.1) is 18.2 Å². The first kappa shape index (κ1) is 20.9. The lowest BCUT2D eigenvalue weighted by Gasteiger charge is -2.46. The molecule has 1 heterocycles. The monoisotopic (exact) mass is 418 g/mol. The molecule has 1 amide bonds. The second kappa shape index (κ2) is 7.22. The summed E-state index contributed by atoms with van der Waals surface area (Å²) in [5.74, 6) is -0.0745. The topological polar surface area (TPSA) is 80.0 Å². The normalized spacial score (nSPS) is 21.0. The zero-order valence-electron chi connectivity index (χ0n) is 17.0. The summed E-state index contributed by atoms with van der Waals surface area (Å²) in [6.45, 7) is 5.19. The molecule has 1 atom stereocenters. The number of hydrogen-bond acceptors (Lipinski definition) is 5. The van der Waals surface area contributed by atoms with Crippen molar-refractivity contribution in [1.82, 2.24) is 4.90 Å². The average molecular weight is 419 g/mol. The van der Waals surface area contributed by atoms with E-state index in [1.807, 2.05) is 0 Å². The fraction of sp³-hybridized carbons (Fsp3) is 0.333. The van der Waals surface area contributed by atoms with Crippen LogP contribution in [0.3, 0.4) is 0 Å². The summed E-state index contributed by atoms with van der Waals surface area (Å²) >= 11 is 6.09. The smallest absolute Gasteiger partial charge is 0.237 e. The van der Waals surface area contributed by atoms with Crippen LogP contribution in [0.25, 0.3) is 0 Å². The molecular formula is C21H24ClFN4O2. The molecule has 1 unspecified atom stereocenters. The van der Waals surface area contributed by atoms with E-state index in [0.29, 0.717) is 22.1 Å². The van der Waals surface area contributed by atoms with Gasteiger partial charge in [0.1, 0.15) is 17.1 Å². The quantitative estimate of drug-likeness (QED) is 0.777. The first-order valence-corrected chi connectivity index (χ1v) is 9.43. The van der Waals surface area contributed by atoms with Gasteiger partial charge in [-0.05, 0) is 57.2 Å². The Hall–Kier alpha value is -2.80. The summed E-state index contributed by atoms with van der Waals surface area (Å²) in [4.78, 5) is 18.7. The average Bonchev–Trinajstić information content (AvgIpc) is 2.67. The van der Waals surface area contributed by atoms with Crippen molar-refractivity contribution in [2.75, 3.05) is 19.5 Å². The molecule has 0 saturated heterocycles. The highest BCUT2D eigenvalue weighted by Crippen LogP contribution is 2.48. The van der Waals surface area contributed by atoms with Crippen molar-refractivity contribution < 1.29 is 13.9 Å². The molecule has 8 heteroatoms. The van der Waals surface area contributed by atoms with Crippen molar-refractivity contribution in [3.05, 3.63) is 52.8 Å². The molecule has 0 aromatic heterocycles. The largest absolute Gasteiger partial charge is 0.495 e. The minimum absolute atomic E-state index is 0.0473. The Kier molecular flexibility index (Phi) is 5.21. The van der Waals surface area contributed by atoms with Gasteiger partial charge in [0.2, 0.25) is 5.91 Å². The van der Waals surface area contributed by atoms with Gasteiger partial charge in [-0.1, -0.05) is 11.6 Å². The van der Waals surface area contributed by atoms with Gasteiger partial charge in [0.25, 0.3) is 0 Å². The number of nitrogens with two attached hydrogens (primary N) is 1. The van der Waals surface area contributed by atoms with Crippen molar-refractivity contribution in [2.24, 2.45) is 16.1 Å². The molecule has 1 aliphatic rings. The molecule has 0 saturated carbocycles. The van der Waals surface area contributed by atoms with Crippen LogP contribution >= 0.6 is 11.6 Å². The number of aliphatic imine (C=N–C) groups is 1. The maximum atomic E-state index is 14.9. The van der Waals surface area contributed by atoms with Crippen LogP contribution in [-0.2, 0) is 10.3 Å². The molecule has 29 heavy (non-hydrogen) atoms. The van der Waals surface area contributed by atoms with Crippen LogP contribution in [0.1, 0.15) is 26.3 Å². The third-order valence-corrected chi connectivity index (χ3v) is 5.90. The van der Waals surface area contributed by atoms with E-state index >= 15 is 0 Å². The molecule has 0 spiro atoms. The minimum Gasteiger partial charge on any atom is -0.495 e. The molecular weight excluding hydrogens is 395 g/mol. The van der Waals surface area contributed by atoms with Crippen molar-refractivity contribution >= 4 is 34.8 Å². The van der Waals surface area contributed by atoms with Crippen LogP contribution in [-0.4, -0.2) is 30.9 Å². The molecule has 2 aromatic carbocycles. The maximum absolute atomic E-state index is 14.9. The van der Waals surface area contributed by atoms with Crippen molar-refractivity contribution in [2.45, 2.75) is 26.3 Å². The first-order chi connectivity index (χ1) is 13.5. The third-order valence-electron chi connectivity index (χ3n) is 5.67. The lowest BCUT2D eigenvalue weighted by atomic mass is 9.67. The Morgan fingerprint density at radius 2 is 1.90 bits per heavy atom. The van der Waals surface area contributed by atoms with Gasteiger partial charge in [0, 0.05) is 23.3 Å². The molecule has 0 aliphatic carbocycles. The highest BCUT2D eigenvalue weighted by atomic mass is 35.5. The maximum Gasteiger partial charge on any atom is 0.237 e. The Labute approximate surface area is 174 Å². The van der Waals surface area contributed by atoms with Crippen molar-refractivity contribution in [3.63, 3.8) is 0 Å². The summed E-state index contributed by atoms with van der Waals surface area (Å²) in [6.07, 6.45) is 0. The van der Waals surface area contributed by atoms with E-state index in [2.05, 4.69) is 10.3 Å². The van der Waals surface area contributed by atoms with Gasteiger partial charge in [-0.3, -0.25) is 9.69 Å². The summed E-state index contributed by atoms with van der Waals surface area (Å²) in [7, 11) is 3.11. The zero-order chi connectivity index (χ0) is 21.6. The molecule has 2 aromatic rings. The van der Waals surface area contributed by atoms with Crippen molar-refractivity contribution in [3.8, 4) is 5.75 Å². The number of hydrogen-bond donors (Lipinski definition) is 2. The molecule has 0 radical (unpaired) electrons. The number of anilines is 2.